The summed E-state index contributed by atoms with van der Waals surface area (Å²) in [6, 6.07) is 0. The third-order valence-corrected chi connectivity index (χ3v) is 7.93. The van der Waals surface area contributed by atoms with Gasteiger partial charge in [0.05, 0.1) is 6.61 Å². The lowest BCUT2D eigenvalue weighted by Gasteiger charge is -2.45. The number of piperidine rings is 1. The summed E-state index contributed by atoms with van der Waals surface area (Å²) in [6.07, 6.45) is 9.61. The number of thioether (sulfide) groups is 1. The average Bonchev–Trinajstić information content (AvgIpc) is 2.68. The van der Waals surface area contributed by atoms with Crippen molar-refractivity contribution in [3.05, 3.63) is 0 Å². The number of likely N-dealkylation sites (tertiary alicyclic amines) is 1. The molecule has 2 heterocycles. The Balaban J connectivity index is 0.00000261. The first-order chi connectivity index (χ1) is 12.7. The minimum Gasteiger partial charge on any atom is -0.383 e. The number of hydrogen-bond donors (Lipinski definition) is 1. The molecule has 1 saturated carbocycles. The zero-order valence-corrected chi connectivity index (χ0v) is 20.4. The number of ether oxygens (including phenoxy) is 1. The van der Waals surface area contributed by atoms with E-state index in [0.29, 0.717) is 4.75 Å². The van der Waals surface area contributed by atoms with Gasteiger partial charge in [-0.25, -0.2) is 0 Å². The second-order valence-corrected chi connectivity index (χ2v) is 9.78. The van der Waals surface area contributed by atoms with Gasteiger partial charge in [-0.2, -0.15) is 11.8 Å². The monoisotopic (exact) mass is 510 g/mol. The van der Waals surface area contributed by atoms with Crippen molar-refractivity contribution in [3.63, 3.8) is 0 Å². The second-order valence-electron chi connectivity index (χ2n) is 8.22. The predicted octanol–water partition coefficient (Wildman–Crippen LogP) is 3.29. The van der Waals surface area contributed by atoms with Gasteiger partial charge in [-0.3, -0.25) is 4.99 Å². The molecule has 0 bridgehead atoms. The Morgan fingerprint density at radius 3 is 2.59 bits per heavy atom. The van der Waals surface area contributed by atoms with Crippen LogP contribution in [0.4, 0.5) is 0 Å². The van der Waals surface area contributed by atoms with Crippen LogP contribution in [0.1, 0.15) is 44.9 Å². The number of rotatable bonds is 5. The van der Waals surface area contributed by atoms with Gasteiger partial charge < -0.3 is 19.9 Å². The number of aliphatic imine (C=N–C) groups is 1. The summed E-state index contributed by atoms with van der Waals surface area (Å²) in [6.45, 7) is 7.74. The Hall–Kier alpha value is 0.270. The molecule has 0 aromatic heterocycles. The van der Waals surface area contributed by atoms with E-state index in [1.807, 2.05) is 7.05 Å². The minimum absolute atomic E-state index is 0. The predicted molar refractivity (Wildman–Crippen MR) is 128 cm³/mol. The summed E-state index contributed by atoms with van der Waals surface area (Å²) in [5.41, 5.74) is 0. The molecule has 2 saturated heterocycles. The minimum atomic E-state index is 0. The smallest absolute Gasteiger partial charge is 0.193 e. The molecule has 0 amide bonds. The van der Waals surface area contributed by atoms with Crippen LogP contribution in [0.2, 0.25) is 0 Å². The topological polar surface area (TPSA) is 40.1 Å². The van der Waals surface area contributed by atoms with Gasteiger partial charge in [-0.15, -0.1) is 24.0 Å². The zero-order chi connectivity index (χ0) is 18.2. The van der Waals surface area contributed by atoms with Crippen LogP contribution >= 0.6 is 35.7 Å². The molecule has 0 aromatic rings. The van der Waals surface area contributed by atoms with E-state index in [1.165, 1.54) is 70.3 Å². The molecule has 1 spiro atoms. The average molecular weight is 511 g/mol. The fourth-order valence-electron chi connectivity index (χ4n) is 4.73. The number of halogens is 1. The van der Waals surface area contributed by atoms with Crippen LogP contribution in [0.15, 0.2) is 4.99 Å². The first-order valence-electron chi connectivity index (χ1n) is 10.6. The number of methoxy groups -OCH3 is 1. The van der Waals surface area contributed by atoms with E-state index in [0.717, 1.165) is 38.1 Å². The van der Waals surface area contributed by atoms with Crippen molar-refractivity contribution in [2.75, 3.05) is 65.8 Å². The molecule has 2 aliphatic heterocycles. The Morgan fingerprint density at radius 1 is 1.19 bits per heavy atom. The molecule has 0 aromatic carbocycles. The van der Waals surface area contributed by atoms with Crippen LogP contribution in [0.3, 0.4) is 0 Å². The van der Waals surface area contributed by atoms with Gasteiger partial charge >= 0.3 is 0 Å². The molecule has 5 nitrogen and oxygen atoms in total. The van der Waals surface area contributed by atoms with Crippen LogP contribution in [-0.2, 0) is 4.74 Å². The maximum atomic E-state index is 5.20. The highest BCUT2D eigenvalue weighted by Crippen LogP contribution is 2.42. The maximum absolute atomic E-state index is 5.20. The highest BCUT2D eigenvalue weighted by molar-refractivity contribution is 14.0. The summed E-state index contributed by atoms with van der Waals surface area (Å²) in [5, 5.41) is 3.71. The van der Waals surface area contributed by atoms with Gasteiger partial charge in [0.25, 0.3) is 0 Å². The van der Waals surface area contributed by atoms with E-state index in [1.54, 1.807) is 7.11 Å². The SMILES string of the molecule is CN=C(NCC1CCN(CCOC)CC1)N1CCSC2(CCCCC2)C1.I. The van der Waals surface area contributed by atoms with Gasteiger partial charge in [0.15, 0.2) is 5.96 Å². The lowest BCUT2D eigenvalue weighted by atomic mass is 9.87. The molecule has 0 atom stereocenters. The lowest BCUT2D eigenvalue weighted by Crippen LogP contribution is -2.54. The standard InChI is InChI=1S/C20H38N4OS.HI/c1-21-19(22-16-18-6-10-23(11-7-18)12-14-25-2)24-13-15-26-20(17-24)8-4-3-5-9-20;/h18H,3-17H2,1-2H3,(H,21,22);1H. The first-order valence-corrected chi connectivity index (χ1v) is 11.5. The number of guanidine groups is 1. The molecule has 1 N–H and O–H groups in total. The first kappa shape index (κ1) is 23.5. The Morgan fingerprint density at radius 2 is 1.93 bits per heavy atom. The third kappa shape index (κ3) is 6.93. The van der Waals surface area contributed by atoms with Crippen molar-refractivity contribution in [2.45, 2.75) is 49.7 Å². The Labute approximate surface area is 187 Å². The summed E-state index contributed by atoms with van der Waals surface area (Å²) < 4.78 is 5.70. The molecule has 27 heavy (non-hydrogen) atoms. The molecule has 1 aliphatic carbocycles. The van der Waals surface area contributed by atoms with Gasteiger partial charge in [0, 0.05) is 50.8 Å². The number of nitrogens with one attached hydrogen (secondary N) is 1. The quantitative estimate of drug-likeness (QED) is 0.349. The Bertz CT molecular complexity index is 446. The fourth-order valence-corrected chi connectivity index (χ4v) is 6.30. The molecule has 3 fully saturated rings. The molecule has 3 rings (SSSR count). The fraction of sp³-hybridized carbons (Fsp3) is 0.950. The van der Waals surface area contributed by atoms with E-state index in [-0.39, 0.29) is 24.0 Å². The van der Waals surface area contributed by atoms with Crippen molar-refractivity contribution < 1.29 is 4.74 Å². The molecule has 0 unspecified atom stereocenters. The summed E-state index contributed by atoms with van der Waals surface area (Å²) in [7, 11) is 3.74. The third-order valence-electron chi connectivity index (χ3n) is 6.39. The summed E-state index contributed by atoms with van der Waals surface area (Å²) in [5.74, 6) is 3.16. The van der Waals surface area contributed by atoms with E-state index in [4.69, 9.17) is 4.74 Å². The molecule has 0 radical (unpaired) electrons. The van der Waals surface area contributed by atoms with E-state index < -0.39 is 0 Å². The molecular formula is C20H39IN4OS. The second kappa shape index (κ2) is 12.1. The normalized spacial score (nSPS) is 24.7. The van der Waals surface area contributed by atoms with Crippen molar-refractivity contribution in [1.82, 2.24) is 15.1 Å². The Kier molecular flexibility index (Phi) is 10.5. The van der Waals surface area contributed by atoms with Crippen LogP contribution in [-0.4, -0.2) is 86.3 Å². The highest BCUT2D eigenvalue weighted by atomic mass is 127. The van der Waals surface area contributed by atoms with Crippen LogP contribution in [0, 0.1) is 5.92 Å². The van der Waals surface area contributed by atoms with Crippen molar-refractivity contribution >= 4 is 41.7 Å². The largest absolute Gasteiger partial charge is 0.383 e. The lowest BCUT2D eigenvalue weighted by molar-refractivity contribution is 0.120. The van der Waals surface area contributed by atoms with Crippen LogP contribution in [0.25, 0.3) is 0 Å². The van der Waals surface area contributed by atoms with Crippen molar-refractivity contribution in [1.29, 1.82) is 0 Å². The molecule has 158 valence electrons. The number of hydrogen-bond acceptors (Lipinski definition) is 4. The van der Waals surface area contributed by atoms with Gasteiger partial charge in [-0.05, 0) is 44.7 Å². The van der Waals surface area contributed by atoms with E-state index in [2.05, 4.69) is 31.9 Å². The highest BCUT2D eigenvalue weighted by Gasteiger charge is 2.38. The van der Waals surface area contributed by atoms with Crippen LogP contribution in [0.5, 0.6) is 0 Å². The summed E-state index contributed by atoms with van der Waals surface area (Å²) in [4.78, 5) is 9.69. The van der Waals surface area contributed by atoms with E-state index >= 15 is 0 Å². The van der Waals surface area contributed by atoms with Gasteiger partial charge in [-0.1, -0.05) is 19.3 Å². The zero-order valence-electron chi connectivity index (χ0n) is 17.3. The molecular weight excluding hydrogens is 471 g/mol. The molecule has 7 heteroatoms. The van der Waals surface area contributed by atoms with E-state index in [9.17, 15) is 0 Å². The summed E-state index contributed by atoms with van der Waals surface area (Å²) >= 11 is 2.23. The van der Waals surface area contributed by atoms with Crippen LogP contribution < -0.4 is 5.32 Å². The number of nitrogens with zero attached hydrogens (tertiary/aromatic N) is 3. The van der Waals surface area contributed by atoms with Gasteiger partial charge in [0.1, 0.15) is 0 Å². The van der Waals surface area contributed by atoms with Crippen molar-refractivity contribution in [3.8, 4) is 0 Å². The van der Waals surface area contributed by atoms with Crippen molar-refractivity contribution in [2.24, 2.45) is 10.9 Å². The van der Waals surface area contributed by atoms with Gasteiger partial charge in [0.2, 0.25) is 0 Å². The maximum Gasteiger partial charge on any atom is 0.193 e. The molecule has 3 aliphatic rings.